The Hall–Kier alpha value is -4.66. The molecular weight excluding hydrogens is 416 g/mol. The van der Waals surface area contributed by atoms with Crippen molar-refractivity contribution in [3.63, 3.8) is 0 Å². The summed E-state index contributed by atoms with van der Waals surface area (Å²) in [5.74, 6) is 0.525. The minimum Gasteiger partial charge on any atom is -0.394 e. The Morgan fingerprint density at radius 2 is 1.88 bits per heavy atom. The minimum atomic E-state index is -0.323. The van der Waals surface area contributed by atoms with Crippen LogP contribution in [0.25, 0.3) is 27.6 Å². The van der Waals surface area contributed by atoms with Gasteiger partial charge in [-0.1, -0.05) is 36.4 Å². The number of nitrogens with zero attached hydrogens (tertiary/aromatic N) is 4. The number of pyridine rings is 1. The second-order valence-corrected chi connectivity index (χ2v) is 7.70. The molecule has 9 heteroatoms. The lowest BCUT2D eigenvalue weighted by Crippen LogP contribution is -2.26. The quantitative estimate of drug-likeness (QED) is 0.329. The van der Waals surface area contributed by atoms with Gasteiger partial charge in [-0.25, -0.2) is 4.98 Å². The van der Waals surface area contributed by atoms with E-state index >= 15 is 0 Å². The van der Waals surface area contributed by atoms with E-state index in [-0.39, 0.29) is 17.5 Å². The third-order valence-corrected chi connectivity index (χ3v) is 5.53. The summed E-state index contributed by atoms with van der Waals surface area (Å²) < 4.78 is 1.71. The molecule has 33 heavy (non-hydrogen) atoms. The van der Waals surface area contributed by atoms with Crippen LogP contribution in [-0.2, 0) is 0 Å². The summed E-state index contributed by atoms with van der Waals surface area (Å²) in [6.45, 7) is 1.94. The summed E-state index contributed by atoms with van der Waals surface area (Å²) in [5, 5.41) is 11.6. The number of benzene rings is 2. The van der Waals surface area contributed by atoms with E-state index in [9.17, 15) is 4.79 Å². The van der Waals surface area contributed by atoms with Crippen molar-refractivity contribution in [1.82, 2.24) is 24.7 Å². The van der Waals surface area contributed by atoms with Gasteiger partial charge < -0.3 is 16.8 Å². The van der Waals surface area contributed by atoms with E-state index < -0.39 is 0 Å². The highest BCUT2D eigenvalue weighted by atomic mass is 16.1. The van der Waals surface area contributed by atoms with Crippen LogP contribution in [0.5, 0.6) is 0 Å². The first-order valence-electron chi connectivity index (χ1n) is 10.4. The number of nitrogens with two attached hydrogens (primary N) is 2. The van der Waals surface area contributed by atoms with E-state index in [1.807, 2.05) is 61.5 Å². The molecule has 6 N–H and O–H groups in total. The van der Waals surface area contributed by atoms with Gasteiger partial charge in [0, 0.05) is 23.1 Å². The molecule has 0 aliphatic heterocycles. The molecule has 0 radical (unpaired) electrons. The first-order chi connectivity index (χ1) is 16.0. The normalized spacial score (nSPS) is 12.0. The predicted molar refractivity (Wildman–Crippen MR) is 130 cm³/mol. The highest BCUT2D eigenvalue weighted by Crippen LogP contribution is 2.30. The Balaban J connectivity index is 1.75. The van der Waals surface area contributed by atoms with Crippen LogP contribution < -0.4 is 22.3 Å². The Labute approximate surface area is 189 Å². The van der Waals surface area contributed by atoms with Gasteiger partial charge in [0.1, 0.15) is 0 Å². The number of nitrogens with one attached hydrogen (secondary N) is 2. The second-order valence-electron chi connectivity index (χ2n) is 7.70. The monoisotopic (exact) mass is 438 g/mol. The van der Waals surface area contributed by atoms with Crippen LogP contribution >= 0.6 is 0 Å². The zero-order valence-electron chi connectivity index (χ0n) is 17.9. The minimum absolute atomic E-state index is 0.114. The average molecular weight is 438 g/mol. The fourth-order valence-corrected chi connectivity index (χ4v) is 3.98. The summed E-state index contributed by atoms with van der Waals surface area (Å²) >= 11 is 0. The van der Waals surface area contributed by atoms with Crippen LogP contribution in [0.15, 0.2) is 78.0 Å². The average Bonchev–Trinajstić information content (AvgIpc) is 3.36. The van der Waals surface area contributed by atoms with Crippen molar-refractivity contribution in [1.29, 1.82) is 0 Å². The molecule has 0 unspecified atom stereocenters. The second kappa shape index (κ2) is 8.12. The maximum atomic E-state index is 14.0. The van der Waals surface area contributed by atoms with Gasteiger partial charge in [-0.05, 0) is 36.1 Å². The van der Waals surface area contributed by atoms with Crippen LogP contribution in [0.1, 0.15) is 18.7 Å². The van der Waals surface area contributed by atoms with Crippen LogP contribution in [0, 0.1) is 0 Å². The summed E-state index contributed by atoms with van der Waals surface area (Å²) in [6.07, 6.45) is 4.95. The fourth-order valence-electron chi connectivity index (χ4n) is 3.98. The van der Waals surface area contributed by atoms with Gasteiger partial charge >= 0.3 is 0 Å². The van der Waals surface area contributed by atoms with E-state index in [0.717, 1.165) is 27.9 Å². The molecule has 0 fully saturated rings. The van der Waals surface area contributed by atoms with Gasteiger partial charge in [0.2, 0.25) is 5.95 Å². The molecule has 0 aliphatic rings. The molecule has 0 aliphatic carbocycles. The molecule has 0 saturated heterocycles. The molecule has 2 aromatic carbocycles. The first-order valence-corrected chi connectivity index (χ1v) is 10.4. The first kappa shape index (κ1) is 20.3. The Morgan fingerprint density at radius 1 is 1.06 bits per heavy atom. The van der Waals surface area contributed by atoms with Crippen LogP contribution in [0.2, 0.25) is 0 Å². The fraction of sp³-hybridized carbons (Fsp3) is 0.0833. The van der Waals surface area contributed by atoms with Gasteiger partial charge in [0.15, 0.2) is 5.82 Å². The Kier molecular flexibility index (Phi) is 4.98. The third kappa shape index (κ3) is 3.65. The van der Waals surface area contributed by atoms with Crippen LogP contribution in [0.3, 0.4) is 0 Å². The lowest BCUT2D eigenvalue weighted by Gasteiger charge is -2.22. The molecule has 5 rings (SSSR count). The van der Waals surface area contributed by atoms with E-state index in [1.54, 1.807) is 17.0 Å². The van der Waals surface area contributed by atoms with Crippen molar-refractivity contribution in [2.75, 3.05) is 16.8 Å². The number of para-hydroxylation sites is 1. The third-order valence-electron chi connectivity index (χ3n) is 5.53. The number of rotatable bonds is 5. The number of anilines is 3. The van der Waals surface area contributed by atoms with Gasteiger partial charge in [0.25, 0.3) is 5.56 Å². The molecule has 3 heterocycles. The summed E-state index contributed by atoms with van der Waals surface area (Å²) in [4.78, 5) is 22.1. The van der Waals surface area contributed by atoms with Crippen molar-refractivity contribution in [3.8, 4) is 16.8 Å². The van der Waals surface area contributed by atoms with Crippen molar-refractivity contribution in [2.24, 2.45) is 0 Å². The van der Waals surface area contributed by atoms with Crippen LogP contribution in [-0.4, -0.2) is 24.7 Å². The molecule has 3 aromatic heterocycles. The highest BCUT2D eigenvalue weighted by molar-refractivity contribution is 5.96. The number of fused-ring (bicyclic) bond motifs is 1. The number of hydrogen-bond donors (Lipinski definition) is 4. The van der Waals surface area contributed by atoms with Crippen molar-refractivity contribution < 1.29 is 0 Å². The molecule has 0 saturated carbocycles. The molecule has 9 nitrogen and oxygen atoms in total. The number of aromatic nitrogens is 5. The molecular formula is C24H22N8O. The largest absolute Gasteiger partial charge is 0.394 e. The molecule has 5 aromatic rings. The van der Waals surface area contributed by atoms with E-state index in [4.69, 9.17) is 11.5 Å². The lowest BCUT2D eigenvalue weighted by atomic mass is 10.00. The number of hydrogen-bond acceptors (Lipinski definition) is 7. The maximum absolute atomic E-state index is 14.0. The molecule has 1 atom stereocenters. The van der Waals surface area contributed by atoms with E-state index in [2.05, 4.69) is 25.5 Å². The topological polar surface area (TPSA) is 141 Å². The number of H-pyrrole nitrogens is 1. The zero-order valence-corrected chi connectivity index (χ0v) is 17.9. The van der Waals surface area contributed by atoms with Crippen LogP contribution in [0.4, 0.5) is 17.5 Å². The summed E-state index contributed by atoms with van der Waals surface area (Å²) in [7, 11) is 0. The lowest BCUT2D eigenvalue weighted by molar-refractivity contribution is 0.774. The summed E-state index contributed by atoms with van der Waals surface area (Å²) in [6, 6.07) is 17.0. The van der Waals surface area contributed by atoms with E-state index in [0.29, 0.717) is 16.9 Å². The van der Waals surface area contributed by atoms with Gasteiger partial charge in [-0.2, -0.15) is 10.1 Å². The van der Waals surface area contributed by atoms with Gasteiger partial charge in [-0.3, -0.25) is 14.5 Å². The number of nitrogen functional groups attached to an aromatic ring is 2. The van der Waals surface area contributed by atoms with Gasteiger partial charge in [-0.15, -0.1) is 0 Å². The highest BCUT2D eigenvalue weighted by Gasteiger charge is 2.20. The summed E-state index contributed by atoms with van der Waals surface area (Å²) in [5.41, 5.74) is 15.2. The Morgan fingerprint density at radius 3 is 2.64 bits per heavy atom. The Bertz CT molecular complexity index is 1490. The molecule has 0 amide bonds. The molecule has 0 spiro atoms. The number of aromatic amines is 1. The standard InChI is InChI=1S/C24H22N8O/c1-14(30-22-19(25)13-27-24(26)31-22)20-10-15-6-5-9-18(16-11-28-29-12-16)21(15)23(33)32(20)17-7-3-2-4-8-17/h2-14H,25H2,1H3,(H,28,29)(H3,26,27,30,31)/t14-/m0/s1. The molecule has 0 bridgehead atoms. The van der Waals surface area contributed by atoms with Crippen molar-refractivity contribution in [2.45, 2.75) is 13.0 Å². The SMILES string of the molecule is C[C@H](Nc1nc(N)ncc1N)c1cc2cccc(-c3cn[nH]c3)c2c(=O)n1-c1ccccc1. The predicted octanol–water partition coefficient (Wildman–Crippen LogP) is 3.51. The van der Waals surface area contributed by atoms with E-state index in [1.165, 1.54) is 6.20 Å². The van der Waals surface area contributed by atoms with Crippen molar-refractivity contribution in [3.05, 3.63) is 89.2 Å². The maximum Gasteiger partial charge on any atom is 0.263 e. The van der Waals surface area contributed by atoms with Gasteiger partial charge in [0.05, 0.1) is 29.5 Å². The molecule has 164 valence electrons. The zero-order chi connectivity index (χ0) is 22.9. The van der Waals surface area contributed by atoms with Crippen molar-refractivity contribution >= 4 is 28.2 Å². The smallest absolute Gasteiger partial charge is 0.263 e.